The molecule has 22 heavy (non-hydrogen) atoms. The maximum atomic E-state index is 4.80. The van der Waals surface area contributed by atoms with E-state index in [4.69, 9.17) is 4.98 Å². The molecule has 2 aromatic heterocycles. The summed E-state index contributed by atoms with van der Waals surface area (Å²) < 4.78 is 0. The van der Waals surface area contributed by atoms with Crippen LogP contribution in [0.2, 0.25) is 0 Å². The second-order valence-electron chi connectivity index (χ2n) is 7.49. The molecule has 0 saturated heterocycles. The van der Waals surface area contributed by atoms with Gasteiger partial charge in [-0.15, -0.1) is 0 Å². The number of hydrogen-bond acceptors (Lipinski definition) is 3. The van der Waals surface area contributed by atoms with Gasteiger partial charge in [0.05, 0.1) is 0 Å². The predicted octanol–water partition coefficient (Wildman–Crippen LogP) is 3.28. The van der Waals surface area contributed by atoms with Crippen LogP contribution in [0, 0.1) is 13.8 Å². The highest BCUT2D eigenvalue weighted by Crippen LogP contribution is 2.23. The maximum absolute atomic E-state index is 4.80. The van der Waals surface area contributed by atoms with E-state index in [0.717, 1.165) is 31.9 Å². The highest BCUT2D eigenvalue weighted by atomic mass is 15.1. The molecule has 2 aromatic rings. The van der Waals surface area contributed by atoms with Crippen LogP contribution in [0.25, 0.3) is 0 Å². The van der Waals surface area contributed by atoms with Crippen LogP contribution in [-0.4, -0.2) is 26.4 Å². The number of H-pyrrole nitrogens is 1. The van der Waals surface area contributed by atoms with E-state index in [-0.39, 0.29) is 5.41 Å². The number of aryl methyl sites for hydroxylation is 2. The van der Waals surface area contributed by atoms with Gasteiger partial charge in [0.1, 0.15) is 5.82 Å². The van der Waals surface area contributed by atoms with Crippen LogP contribution in [0.5, 0.6) is 0 Å². The molecule has 1 aliphatic rings. The van der Waals surface area contributed by atoms with Gasteiger partial charge in [0.15, 0.2) is 0 Å². The average molecular weight is 298 g/mol. The normalized spacial score (nSPS) is 15.9. The van der Waals surface area contributed by atoms with Crippen molar-refractivity contribution >= 4 is 0 Å². The SMILES string of the molecule is Cc1cc(C)c(CN2CCc3nc(C(C)(C)C)ncc3C2)[nH]1. The third kappa shape index (κ3) is 3.07. The van der Waals surface area contributed by atoms with Crippen LogP contribution in [0.15, 0.2) is 12.3 Å². The molecule has 0 atom stereocenters. The lowest BCUT2D eigenvalue weighted by Gasteiger charge is -2.29. The van der Waals surface area contributed by atoms with Crippen molar-refractivity contribution in [2.45, 2.75) is 59.5 Å². The van der Waals surface area contributed by atoms with Crippen LogP contribution >= 0.6 is 0 Å². The van der Waals surface area contributed by atoms with Crippen molar-refractivity contribution in [1.29, 1.82) is 0 Å². The van der Waals surface area contributed by atoms with Crippen molar-refractivity contribution in [1.82, 2.24) is 19.9 Å². The van der Waals surface area contributed by atoms with Gasteiger partial charge >= 0.3 is 0 Å². The van der Waals surface area contributed by atoms with Crippen LogP contribution in [0.3, 0.4) is 0 Å². The Morgan fingerprint density at radius 1 is 1.27 bits per heavy atom. The smallest absolute Gasteiger partial charge is 0.133 e. The fourth-order valence-electron chi connectivity index (χ4n) is 3.04. The molecule has 0 aromatic carbocycles. The zero-order chi connectivity index (χ0) is 15.9. The van der Waals surface area contributed by atoms with Crippen molar-refractivity contribution < 1.29 is 0 Å². The lowest BCUT2D eigenvalue weighted by Crippen LogP contribution is -2.32. The van der Waals surface area contributed by atoms with Crippen molar-refractivity contribution in [3.63, 3.8) is 0 Å². The van der Waals surface area contributed by atoms with Gasteiger partial charge < -0.3 is 4.98 Å². The third-order valence-corrected chi connectivity index (χ3v) is 4.32. The van der Waals surface area contributed by atoms with Gasteiger partial charge in [-0.3, -0.25) is 4.90 Å². The van der Waals surface area contributed by atoms with E-state index in [0.29, 0.717) is 0 Å². The topological polar surface area (TPSA) is 44.8 Å². The Morgan fingerprint density at radius 3 is 2.68 bits per heavy atom. The van der Waals surface area contributed by atoms with Crippen LogP contribution < -0.4 is 0 Å². The molecule has 118 valence electrons. The molecule has 3 heterocycles. The summed E-state index contributed by atoms with van der Waals surface area (Å²) >= 11 is 0. The zero-order valence-corrected chi connectivity index (χ0v) is 14.3. The Bertz CT molecular complexity index is 679. The average Bonchev–Trinajstić information content (AvgIpc) is 2.75. The molecule has 0 spiro atoms. The molecule has 3 rings (SSSR count). The molecule has 4 nitrogen and oxygen atoms in total. The molecular weight excluding hydrogens is 272 g/mol. The third-order valence-electron chi connectivity index (χ3n) is 4.32. The molecule has 0 unspecified atom stereocenters. The number of rotatable bonds is 2. The minimum absolute atomic E-state index is 0.0189. The lowest BCUT2D eigenvalue weighted by atomic mass is 9.95. The summed E-state index contributed by atoms with van der Waals surface area (Å²) in [6.07, 6.45) is 3.04. The second kappa shape index (κ2) is 5.51. The number of aromatic amines is 1. The molecule has 0 saturated carbocycles. The summed E-state index contributed by atoms with van der Waals surface area (Å²) in [5, 5.41) is 0. The number of nitrogens with zero attached hydrogens (tertiary/aromatic N) is 3. The highest BCUT2D eigenvalue weighted by Gasteiger charge is 2.23. The highest BCUT2D eigenvalue weighted by molar-refractivity contribution is 5.25. The first-order chi connectivity index (χ1) is 10.3. The van der Waals surface area contributed by atoms with Crippen molar-refractivity contribution in [2.24, 2.45) is 0 Å². The number of hydrogen-bond donors (Lipinski definition) is 1. The fourth-order valence-corrected chi connectivity index (χ4v) is 3.04. The molecule has 0 radical (unpaired) electrons. The summed E-state index contributed by atoms with van der Waals surface area (Å²) in [4.78, 5) is 15.3. The summed E-state index contributed by atoms with van der Waals surface area (Å²) in [5.41, 5.74) is 6.44. The maximum Gasteiger partial charge on any atom is 0.133 e. The summed E-state index contributed by atoms with van der Waals surface area (Å²) in [6, 6.07) is 2.21. The molecule has 0 fully saturated rings. The quantitative estimate of drug-likeness (QED) is 0.925. The summed E-state index contributed by atoms with van der Waals surface area (Å²) in [6.45, 7) is 13.8. The predicted molar refractivity (Wildman–Crippen MR) is 88.8 cm³/mol. The molecular formula is C18H26N4. The van der Waals surface area contributed by atoms with Crippen molar-refractivity contribution in [2.75, 3.05) is 6.54 Å². The van der Waals surface area contributed by atoms with Gasteiger partial charge in [-0.1, -0.05) is 20.8 Å². The van der Waals surface area contributed by atoms with E-state index in [1.807, 2.05) is 6.20 Å². The monoisotopic (exact) mass is 298 g/mol. The van der Waals surface area contributed by atoms with Gasteiger partial charge in [0.25, 0.3) is 0 Å². The standard InChI is InChI=1S/C18H26N4/c1-12-8-13(2)20-16(12)11-22-7-6-15-14(10-22)9-19-17(21-15)18(3,4)5/h8-9,20H,6-7,10-11H2,1-5H3. The first kappa shape index (κ1) is 15.2. The Morgan fingerprint density at radius 2 is 2.05 bits per heavy atom. The Hall–Kier alpha value is -1.68. The molecule has 1 aliphatic heterocycles. The minimum Gasteiger partial charge on any atom is -0.361 e. The fraction of sp³-hybridized carbons (Fsp3) is 0.556. The molecule has 0 bridgehead atoms. The van der Waals surface area contributed by atoms with E-state index >= 15 is 0 Å². The van der Waals surface area contributed by atoms with Gasteiger partial charge in [-0.2, -0.15) is 0 Å². The molecule has 0 amide bonds. The van der Waals surface area contributed by atoms with E-state index in [1.54, 1.807) is 0 Å². The molecule has 1 N–H and O–H groups in total. The Balaban J connectivity index is 1.76. The van der Waals surface area contributed by atoms with Crippen molar-refractivity contribution in [3.05, 3.63) is 46.3 Å². The summed E-state index contributed by atoms with van der Waals surface area (Å²) in [7, 11) is 0. The first-order valence-corrected chi connectivity index (χ1v) is 8.05. The van der Waals surface area contributed by atoms with Crippen LogP contribution in [-0.2, 0) is 24.9 Å². The number of aromatic nitrogens is 3. The van der Waals surface area contributed by atoms with E-state index in [1.165, 1.54) is 28.2 Å². The Kier molecular flexibility index (Phi) is 3.81. The molecule has 4 heteroatoms. The van der Waals surface area contributed by atoms with Crippen molar-refractivity contribution in [3.8, 4) is 0 Å². The van der Waals surface area contributed by atoms with Gasteiger partial charge in [-0.25, -0.2) is 9.97 Å². The first-order valence-electron chi connectivity index (χ1n) is 8.05. The largest absolute Gasteiger partial charge is 0.361 e. The number of fused-ring (bicyclic) bond motifs is 1. The number of nitrogens with one attached hydrogen (secondary N) is 1. The van der Waals surface area contributed by atoms with Gasteiger partial charge in [0, 0.05) is 60.3 Å². The summed E-state index contributed by atoms with van der Waals surface area (Å²) in [5.74, 6) is 0.954. The van der Waals surface area contributed by atoms with Crippen LogP contribution in [0.1, 0.15) is 54.8 Å². The lowest BCUT2D eigenvalue weighted by molar-refractivity contribution is 0.239. The zero-order valence-electron chi connectivity index (χ0n) is 14.3. The van der Waals surface area contributed by atoms with E-state index in [9.17, 15) is 0 Å². The van der Waals surface area contributed by atoms with Gasteiger partial charge in [0.2, 0.25) is 0 Å². The minimum atomic E-state index is 0.0189. The van der Waals surface area contributed by atoms with Gasteiger partial charge in [-0.05, 0) is 25.5 Å². The van der Waals surface area contributed by atoms with E-state index in [2.05, 4.69) is 55.6 Å². The Labute approximate surface area is 133 Å². The van der Waals surface area contributed by atoms with Crippen LogP contribution in [0.4, 0.5) is 0 Å². The molecule has 0 aliphatic carbocycles. The van der Waals surface area contributed by atoms with E-state index < -0.39 is 0 Å². The second-order valence-corrected chi connectivity index (χ2v) is 7.49.